The first-order valence-electron chi connectivity index (χ1n) is 10.7. The maximum atomic E-state index is 12.8. The Bertz CT molecular complexity index is 677. The molecule has 0 fully saturated rings. The van der Waals surface area contributed by atoms with E-state index >= 15 is 0 Å². The molecule has 4 unspecified atom stereocenters. The zero-order valence-corrected chi connectivity index (χ0v) is 20.2. The number of aliphatic carboxylic acids is 2. The van der Waals surface area contributed by atoms with E-state index in [9.17, 15) is 29.1 Å². The van der Waals surface area contributed by atoms with Crippen molar-refractivity contribution in [1.82, 2.24) is 16.0 Å². The van der Waals surface area contributed by atoms with Crippen LogP contribution in [0, 0.1) is 5.92 Å². The fourth-order valence-corrected chi connectivity index (χ4v) is 3.33. The molecule has 0 radical (unpaired) electrons. The summed E-state index contributed by atoms with van der Waals surface area (Å²) in [6, 6.07) is -4.68. The summed E-state index contributed by atoms with van der Waals surface area (Å²) < 4.78 is 0. The molecular formula is C20H37N5O7S. The fourth-order valence-electron chi connectivity index (χ4n) is 2.84. The van der Waals surface area contributed by atoms with Crippen molar-refractivity contribution in [3.8, 4) is 0 Å². The Morgan fingerprint density at radius 3 is 1.97 bits per heavy atom. The minimum Gasteiger partial charge on any atom is -0.481 e. The van der Waals surface area contributed by atoms with Crippen LogP contribution in [0.1, 0.15) is 46.0 Å². The third-order valence-electron chi connectivity index (χ3n) is 4.79. The average molecular weight is 492 g/mol. The van der Waals surface area contributed by atoms with Crippen LogP contribution in [-0.4, -0.2) is 82.6 Å². The summed E-state index contributed by atoms with van der Waals surface area (Å²) in [6.45, 7) is 3.66. The Hall–Kier alpha value is -2.38. The van der Waals surface area contributed by atoms with E-state index in [0.717, 1.165) is 0 Å². The molecule has 0 aromatic rings. The highest BCUT2D eigenvalue weighted by atomic mass is 32.2. The van der Waals surface area contributed by atoms with E-state index in [0.29, 0.717) is 31.6 Å². The molecule has 0 aromatic carbocycles. The zero-order chi connectivity index (χ0) is 25.6. The van der Waals surface area contributed by atoms with Gasteiger partial charge in [-0.1, -0.05) is 13.8 Å². The second kappa shape index (κ2) is 16.3. The van der Waals surface area contributed by atoms with Crippen molar-refractivity contribution in [3.63, 3.8) is 0 Å². The fraction of sp³-hybridized carbons (Fsp3) is 0.750. The minimum atomic E-state index is -1.45. The van der Waals surface area contributed by atoms with E-state index < -0.39 is 66.2 Å². The predicted molar refractivity (Wildman–Crippen MR) is 124 cm³/mol. The number of carboxylic acids is 2. The lowest BCUT2D eigenvalue weighted by atomic mass is 10.0. The number of carboxylic acid groups (broad SMARTS) is 2. The van der Waals surface area contributed by atoms with Crippen molar-refractivity contribution in [3.05, 3.63) is 0 Å². The van der Waals surface area contributed by atoms with Gasteiger partial charge in [-0.05, 0) is 50.2 Å². The Morgan fingerprint density at radius 1 is 0.879 bits per heavy atom. The standard InChI is InChI=1S/C20H37N5O7S/c1-11(2)16(19(30)23-13(20(31)32)6-4-5-8-21)25-18(29)14(10-15(26)27)24-17(28)12(22)7-9-33-3/h11-14,16H,4-10,21-22H2,1-3H3,(H,23,30)(H,24,28)(H,25,29)(H,26,27)(H,31,32). The summed E-state index contributed by atoms with van der Waals surface area (Å²) >= 11 is 1.48. The van der Waals surface area contributed by atoms with Gasteiger partial charge in [-0.2, -0.15) is 11.8 Å². The predicted octanol–water partition coefficient (Wildman–Crippen LogP) is -1.13. The van der Waals surface area contributed by atoms with Crippen LogP contribution in [-0.2, 0) is 24.0 Å². The van der Waals surface area contributed by atoms with Gasteiger partial charge >= 0.3 is 11.9 Å². The molecule has 0 saturated carbocycles. The van der Waals surface area contributed by atoms with E-state index in [1.54, 1.807) is 13.8 Å². The molecule has 12 nitrogen and oxygen atoms in total. The molecule has 4 atom stereocenters. The SMILES string of the molecule is CSCCC(N)C(=O)NC(CC(=O)O)C(=O)NC(C(=O)NC(CCCCN)C(=O)O)C(C)C. The molecule has 33 heavy (non-hydrogen) atoms. The van der Waals surface area contributed by atoms with Crippen LogP contribution >= 0.6 is 11.8 Å². The molecule has 0 aliphatic carbocycles. The number of hydrogen-bond acceptors (Lipinski definition) is 8. The van der Waals surface area contributed by atoms with Gasteiger partial charge in [-0.25, -0.2) is 4.79 Å². The maximum absolute atomic E-state index is 12.8. The highest BCUT2D eigenvalue weighted by Gasteiger charge is 2.32. The number of nitrogens with two attached hydrogens (primary N) is 2. The second-order valence-electron chi connectivity index (χ2n) is 7.96. The summed E-state index contributed by atoms with van der Waals surface area (Å²) in [7, 11) is 0. The van der Waals surface area contributed by atoms with Gasteiger partial charge in [0.2, 0.25) is 17.7 Å². The number of nitrogens with one attached hydrogen (secondary N) is 3. The molecule has 0 bridgehead atoms. The number of thioether (sulfide) groups is 1. The first kappa shape index (κ1) is 30.6. The number of hydrogen-bond donors (Lipinski definition) is 7. The van der Waals surface area contributed by atoms with Gasteiger partial charge in [-0.15, -0.1) is 0 Å². The highest BCUT2D eigenvalue weighted by molar-refractivity contribution is 7.98. The van der Waals surface area contributed by atoms with E-state index in [4.69, 9.17) is 16.6 Å². The van der Waals surface area contributed by atoms with Crippen molar-refractivity contribution in [2.75, 3.05) is 18.6 Å². The molecule has 0 aliphatic rings. The third-order valence-corrected chi connectivity index (χ3v) is 5.43. The first-order chi connectivity index (χ1) is 15.4. The van der Waals surface area contributed by atoms with Gasteiger partial charge in [0.15, 0.2) is 0 Å². The van der Waals surface area contributed by atoms with Crippen molar-refractivity contribution in [2.24, 2.45) is 17.4 Å². The lowest BCUT2D eigenvalue weighted by Gasteiger charge is -2.26. The van der Waals surface area contributed by atoms with Gasteiger partial charge < -0.3 is 37.6 Å². The van der Waals surface area contributed by atoms with Crippen LogP contribution in [0.3, 0.4) is 0 Å². The van der Waals surface area contributed by atoms with Gasteiger partial charge in [0.25, 0.3) is 0 Å². The van der Waals surface area contributed by atoms with E-state index in [1.165, 1.54) is 11.8 Å². The number of unbranched alkanes of at least 4 members (excludes halogenated alkanes) is 1. The molecular weight excluding hydrogens is 454 g/mol. The van der Waals surface area contributed by atoms with Crippen molar-refractivity contribution < 1.29 is 34.2 Å². The lowest BCUT2D eigenvalue weighted by molar-refractivity contribution is -0.143. The summed E-state index contributed by atoms with van der Waals surface area (Å²) in [4.78, 5) is 60.4. The molecule has 0 saturated heterocycles. The number of carbonyl (C=O) groups excluding carboxylic acids is 3. The van der Waals surface area contributed by atoms with Crippen LogP contribution < -0.4 is 27.4 Å². The van der Waals surface area contributed by atoms with Gasteiger partial charge in [0.1, 0.15) is 18.1 Å². The molecule has 0 rings (SSSR count). The van der Waals surface area contributed by atoms with Crippen LogP contribution in [0.25, 0.3) is 0 Å². The highest BCUT2D eigenvalue weighted by Crippen LogP contribution is 2.07. The number of rotatable bonds is 17. The maximum Gasteiger partial charge on any atom is 0.326 e. The topological polar surface area (TPSA) is 214 Å². The Balaban J connectivity index is 5.34. The molecule has 0 spiro atoms. The van der Waals surface area contributed by atoms with Crippen LogP contribution in [0.15, 0.2) is 0 Å². The summed E-state index contributed by atoms with van der Waals surface area (Å²) in [6.07, 6.45) is 2.73. The molecule has 0 aliphatic heterocycles. The summed E-state index contributed by atoms with van der Waals surface area (Å²) in [5.41, 5.74) is 11.2. The molecule has 0 aromatic heterocycles. The van der Waals surface area contributed by atoms with Gasteiger partial charge in [-0.3, -0.25) is 19.2 Å². The zero-order valence-electron chi connectivity index (χ0n) is 19.3. The summed E-state index contributed by atoms with van der Waals surface area (Å²) in [5, 5.41) is 25.7. The monoisotopic (exact) mass is 491 g/mol. The molecule has 13 heteroatoms. The average Bonchev–Trinajstić information content (AvgIpc) is 2.73. The van der Waals surface area contributed by atoms with Crippen LogP contribution in [0.2, 0.25) is 0 Å². The first-order valence-corrected chi connectivity index (χ1v) is 12.1. The Labute approximate surface area is 198 Å². The third kappa shape index (κ3) is 12.4. The quantitative estimate of drug-likeness (QED) is 0.121. The van der Waals surface area contributed by atoms with E-state index in [2.05, 4.69) is 16.0 Å². The van der Waals surface area contributed by atoms with Gasteiger partial charge in [0, 0.05) is 0 Å². The Morgan fingerprint density at radius 2 is 1.48 bits per heavy atom. The van der Waals surface area contributed by atoms with Crippen molar-refractivity contribution in [2.45, 2.75) is 70.1 Å². The second-order valence-corrected chi connectivity index (χ2v) is 8.95. The van der Waals surface area contributed by atoms with Crippen molar-refractivity contribution in [1.29, 1.82) is 0 Å². The normalized spacial score (nSPS) is 14.6. The van der Waals surface area contributed by atoms with E-state index in [-0.39, 0.29) is 6.42 Å². The number of amides is 3. The number of carbonyl (C=O) groups is 5. The van der Waals surface area contributed by atoms with Gasteiger partial charge in [0.05, 0.1) is 12.5 Å². The van der Waals surface area contributed by atoms with Crippen LogP contribution in [0.4, 0.5) is 0 Å². The minimum absolute atomic E-state index is 0.169. The largest absolute Gasteiger partial charge is 0.481 e. The molecule has 0 heterocycles. The molecule has 190 valence electrons. The van der Waals surface area contributed by atoms with Crippen molar-refractivity contribution >= 4 is 41.4 Å². The molecule has 3 amide bonds. The smallest absolute Gasteiger partial charge is 0.326 e. The Kier molecular flexibility index (Phi) is 15.1. The summed E-state index contributed by atoms with van der Waals surface area (Å²) in [5.74, 6) is -4.67. The van der Waals surface area contributed by atoms with E-state index in [1.807, 2.05) is 6.26 Å². The molecule has 9 N–H and O–H groups in total. The lowest BCUT2D eigenvalue weighted by Crippen LogP contribution is -2.58. The van der Waals surface area contributed by atoms with Crippen LogP contribution in [0.5, 0.6) is 0 Å².